The monoisotopic (exact) mass is 306 g/mol. The lowest BCUT2D eigenvalue weighted by Gasteiger charge is -2.10. The van der Waals surface area contributed by atoms with Crippen molar-refractivity contribution in [3.05, 3.63) is 24.5 Å². The van der Waals surface area contributed by atoms with E-state index in [1.165, 1.54) is 18.6 Å². The first-order valence-corrected chi connectivity index (χ1v) is 6.60. The molecule has 0 amide bonds. The fraction of sp³-hybridized carbons (Fsp3) is 0.385. The molecule has 0 unspecified atom stereocenters. The van der Waals surface area contributed by atoms with Crippen LogP contribution in [0.15, 0.2) is 23.0 Å². The van der Waals surface area contributed by atoms with Gasteiger partial charge in [-0.2, -0.15) is 0 Å². The topological polar surface area (TPSA) is 117 Å². The average Bonchev–Trinajstić information content (AvgIpc) is 2.98. The molecular weight excluding hydrogens is 292 g/mol. The normalized spacial score (nSPS) is 10.5. The lowest BCUT2D eigenvalue weighted by atomic mass is 10.1. The zero-order valence-corrected chi connectivity index (χ0v) is 12.1. The second-order valence-electron chi connectivity index (χ2n) is 3.97. The molecule has 2 aromatic heterocycles. The highest BCUT2D eigenvalue weighted by Crippen LogP contribution is 2.22. The quantitative estimate of drug-likeness (QED) is 0.562. The van der Waals surface area contributed by atoms with E-state index >= 15 is 0 Å². The molecule has 116 valence electrons. The molecule has 22 heavy (non-hydrogen) atoms. The number of carbonyl (C=O) groups is 2. The first-order chi connectivity index (χ1) is 10.7. The highest BCUT2D eigenvalue weighted by atomic mass is 16.6. The van der Waals surface area contributed by atoms with Gasteiger partial charge < -0.3 is 13.9 Å². The third-order valence-electron chi connectivity index (χ3n) is 2.51. The zero-order chi connectivity index (χ0) is 15.9. The number of ether oxygens (including phenoxy) is 2. The first kappa shape index (κ1) is 15.5. The smallest absolute Gasteiger partial charge is 0.330 e. The molecule has 0 fully saturated rings. The van der Waals surface area contributed by atoms with Crippen molar-refractivity contribution in [2.24, 2.45) is 0 Å². The molecule has 0 radical (unpaired) electrons. The Bertz CT molecular complexity index is 625. The van der Waals surface area contributed by atoms with Gasteiger partial charge in [0.25, 0.3) is 5.89 Å². The van der Waals surface area contributed by atoms with Gasteiger partial charge in [0.15, 0.2) is 0 Å². The van der Waals surface area contributed by atoms with E-state index in [0.29, 0.717) is 5.69 Å². The molecule has 0 saturated carbocycles. The van der Waals surface area contributed by atoms with Gasteiger partial charge in [-0.1, -0.05) is 0 Å². The van der Waals surface area contributed by atoms with Crippen molar-refractivity contribution >= 4 is 11.9 Å². The van der Waals surface area contributed by atoms with Crippen LogP contribution in [0.3, 0.4) is 0 Å². The summed E-state index contributed by atoms with van der Waals surface area (Å²) in [6.45, 7) is 3.47. The summed E-state index contributed by atoms with van der Waals surface area (Å²) in [6.07, 6.45) is 4.36. The lowest BCUT2D eigenvalue weighted by molar-refractivity contribution is -0.157. The highest BCUT2D eigenvalue weighted by molar-refractivity contribution is 5.99. The van der Waals surface area contributed by atoms with Crippen molar-refractivity contribution in [3.8, 4) is 11.6 Å². The molecule has 0 N–H and O–H groups in total. The molecule has 0 aliphatic rings. The second-order valence-corrected chi connectivity index (χ2v) is 3.97. The number of hydrogen-bond acceptors (Lipinski definition) is 9. The van der Waals surface area contributed by atoms with Gasteiger partial charge in [-0.3, -0.25) is 14.6 Å². The number of aromatic nitrogens is 4. The van der Waals surface area contributed by atoms with E-state index < -0.39 is 17.9 Å². The van der Waals surface area contributed by atoms with Crippen molar-refractivity contribution in [1.82, 2.24) is 20.2 Å². The Morgan fingerprint density at radius 1 is 1.14 bits per heavy atom. The summed E-state index contributed by atoms with van der Waals surface area (Å²) in [5, 5.41) is 7.47. The lowest BCUT2D eigenvalue weighted by Crippen LogP contribution is -2.26. The summed E-state index contributed by atoms with van der Waals surface area (Å²) in [7, 11) is 0. The second kappa shape index (κ2) is 7.25. The number of hydrogen-bond donors (Lipinski definition) is 0. The van der Waals surface area contributed by atoms with E-state index in [4.69, 9.17) is 13.9 Å². The van der Waals surface area contributed by atoms with Crippen molar-refractivity contribution in [2.45, 2.75) is 19.8 Å². The Kier molecular flexibility index (Phi) is 5.12. The molecule has 0 bridgehead atoms. The van der Waals surface area contributed by atoms with Crippen LogP contribution in [0.25, 0.3) is 11.6 Å². The van der Waals surface area contributed by atoms with Crippen LogP contribution in [0.5, 0.6) is 0 Å². The molecule has 9 heteroatoms. The Morgan fingerprint density at radius 3 is 2.36 bits per heavy atom. The maximum Gasteiger partial charge on any atom is 0.330 e. The summed E-state index contributed by atoms with van der Waals surface area (Å²) in [5.74, 6) is -3.21. The van der Waals surface area contributed by atoms with E-state index in [1.54, 1.807) is 13.8 Å². The van der Waals surface area contributed by atoms with E-state index in [9.17, 15) is 9.59 Å². The molecule has 2 heterocycles. The van der Waals surface area contributed by atoms with E-state index in [1.807, 2.05) is 0 Å². The Hall–Kier alpha value is -2.84. The molecule has 9 nitrogen and oxygen atoms in total. The van der Waals surface area contributed by atoms with Gasteiger partial charge in [-0.25, -0.2) is 4.98 Å². The van der Waals surface area contributed by atoms with Crippen LogP contribution < -0.4 is 0 Å². The predicted molar refractivity (Wildman–Crippen MR) is 71.3 cm³/mol. The maximum absolute atomic E-state index is 11.9. The summed E-state index contributed by atoms with van der Waals surface area (Å²) in [4.78, 5) is 31.7. The summed E-state index contributed by atoms with van der Waals surface area (Å²) < 4.78 is 15.0. The highest BCUT2D eigenvalue weighted by Gasteiger charge is 2.36. The van der Waals surface area contributed by atoms with Gasteiger partial charge in [-0.15, -0.1) is 10.2 Å². The average molecular weight is 306 g/mol. The summed E-state index contributed by atoms with van der Waals surface area (Å²) in [5.41, 5.74) is 0.327. The van der Waals surface area contributed by atoms with E-state index in [2.05, 4.69) is 20.2 Å². The molecule has 0 spiro atoms. The van der Waals surface area contributed by atoms with Crippen LogP contribution in [-0.2, 0) is 19.1 Å². The summed E-state index contributed by atoms with van der Waals surface area (Å²) >= 11 is 0. The van der Waals surface area contributed by atoms with Crippen LogP contribution in [-0.4, -0.2) is 45.3 Å². The Labute approximate surface area is 125 Å². The van der Waals surface area contributed by atoms with Crippen LogP contribution in [0.2, 0.25) is 0 Å². The number of carbonyl (C=O) groups excluding carboxylic acids is 2. The van der Waals surface area contributed by atoms with Crippen LogP contribution in [0, 0.1) is 0 Å². The molecule has 2 aromatic rings. The number of rotatable bonds is 6. The molecule has 0 aromatic carbocycles. The van der Waals surface area contributed by atoms with Crippen molar-refractivity contribution in [1.29, 1.82) is 0 Å². The Balaban J connectivity index is 2.30. The largest absolute Gasteiger partial charge is 0.465 e. The summed E-state index contributed by atoms with van der Waals surface area (Å²) in [6, 6.07) is 0. The molecule has 2 rings (SSSR count). The van der Waals surface area contributed by atoms with E-state index in [-0.39, 0.29) is 25.0 Å². The van der Waals surface area contributed by atoms with Crippen molar-refractivity contribution in [3.63, 3.8) is 0 Å². The van der Waals surface area contributed by atoms with Gasteiger partial charge in [-0.05, 0) is 13.8 Å². The molecule has 0 aliphatic heterocycles. The van der Waals surface area contributed by atoms with Gasteiger partial charge in [0.05, 0.1) is 19.4 Å². The number of nitrogens with zero attached hydrogens (tertiary/aromatic N) is 4. The van der Waals surface area contributed by atoms with Crippen LogP contribution in [0.4, 0.5) is 0 Å². The predicted octanol–water partition coefficient (Wildman–Crippen LogP) is 0.736. The van der Waals surface area contributed by atoms with Crippen LogP contribution in [0.1, 0.15) is 25.7 Å². The molecule has 0 atom stereocenters. The van der Waals surface area contributed by atoms with Crippen LogP contribution >= 0.6 is 0 Å². The minimum absolute atomic E-state index is 0.0432. The molecule has 0 aliphatic carbocycles. The first-order valence-electron chi connectivity index (χ1n) is 6.60. The third-order valence-corrected chi connectivity index (χ3v) is 2.51. The third kappa shape index (κ3) is 3.43. The minimum Gasteiger partial charge on any atom is -0.465 e. The van der Waals surface area contributed by atoms with Gasteiger partial charge in [0.2, 0.25) is 11.8 Å². The van der Waals surface area contributed by atoms with Gasteiger partial charge in [0.1, 0.15) is 5.69 Å². The molecular formula is C13H14N4O5. The molecule has 0 saturated heterocycles. The van der Waals surface area contributed by atoms with Gasteiger partial charge >= 0.3 is 11.9 Å². The zero-order valence-electron chi connectivity index (χ0n) is 12.1. The minimum atomic E-state index is -1.42. The standard InChI is InChI=1S/C13H14N4O5/c1-3-20-12(18)9(13(19)21-4-2)11-17-16-10(22-11)8-7-14-5-6-15-8/h5-7,9H,3-4H2,1-2H3. The number of esters is 2. The van der Waals surface area contributed by atoms with E-state index in [0.717, 1.165) is 0 Å². The van der Waals surface area contributed by atoms with Crippen molar-refractivity contribution < 1.29 is 23.5 Å². The fourth-order valence-electron chi connectivity index (χ4n) is 1.61. The Morgan fingerprint density at radius 2 is 1.82 bits per heavy atom. The fourth-order valence-corrected chi connectivity index (χ4v) is 1.61. The van der Waals surface area contributed by atoms with Crippen molar-refractivity contribution in [2.75, 3.05) is 13.2 Å². The SMILES string of the molecule is CCOC(=O)C(C(=O)OCC)c1nnc(-c2cnccn2)o1. The van der Waals surface area contributed by atoms with Gasteiger partial charge in [0, 0.05) is 12.4 Å². The maximum atomic E-state index is 11.9.